The van der Waals surface area contributed by atoms with Gasteiger partial charge in [0.25, 0.3) is 0 Å². The summed E-state index contributed by atoms with van der Waals surface area (Å²) in [4.78, 5) is 12.9. The highest BCUT2D eigenvalue weighted by Gasteiger charge is 2.36. The molecule has 1 aliphatic carbocycles. The molecule has 2 aliphatic rings. The fraction of sp³-hybridized carbons (Fsp3) is 0.625. The van der Waals surface area contributed by atoms with E-state index in [2.05, 4.69) is 20.2 Å². The predicted molar refractivity (Wildman–Crippen MR) is 87.0 cm³/mol. The first-order valence-electron chi connectivity index (χ1n) is 8.35. The summed E-state index contributed by atoms with van der Waals surface area (Å²) >= 11 is 0. The van der Waals surface area contributed by atoms with E-state index in [0.717, 1.165) is 11.6 Å². The smallest absolute Gasteiger partial charge is 0.318 e. The first-order valence-corrected chi connectivity index (χ1v) is 8.35. The molecule has 1 saturated heterocycles. The molecule has 2 aromatic rings. The minimum atomic E-state index is -0.886. The lowest BCUT2D eigenvalue weighted by molar-refractivity contribution is 0.356. The second-order valence-electron chi connectivity index (χ2n) is 6.67. The van der Waals surface area contributed by atoms with Crippen LogP contribution in [0.5, 0.6) is 0 Å². The van der Waals surface area contributed by atoms with Crippen molar-refractivity contribution in [2.45, 2.75) is 44.3 Å². The molecule has 1 aliphatic heterocycles. The van der Waals surface area contributed by atoms with Gasteiger partial charge in [-0.1, -0.05) is 5.10 Å². The van der Waals surface area contributed by atoms with Gasteiger partial charge in [-0.25, -0.2) is 14.4 Å². The number of halogens is 1. The van der Waals surface area contributed by atoms with E-state index in [-0.39, 0.29) is 12.6 Å². The lowest BCUT2D eigenvalue weighted by atomic mass is 10.2. The summed E-state index contributed by atoms with van der Waals surface area (Å²) in [5.74, 6) is 2.79. The maximum atomic E-state index is 14.0. The summed E-state index contributed by atoms with van der Waals surface area (Å²) in [6.45, 7) is 2.67. The van der Waals surface area contributed by atoms with Gasteiger partial charge >= 0.3 is 6.01 Å². The van der Waals surface area contributed by atoms with Crippen LogP contribution in [-0.2, 0) is 0 Å². The predicted octanol–water partition coefficient (Wildman–Crippen LogP) is 2.10. The Morgan fingerprint density at radius 1 is 1.38 bits per heavy atom. The Morgan fingerprint density at radius 2 is 2.21 bits per heavy atom. The van der Waals surface area contributed by atoms with Crippen LogP contribution in [0.4, 0.5) is 16.2 Å². The molecule has 0 N–H and O–H groups in total. The molecular weight excluding hydrogens is 311 g/mol. The monoisotopic (exact) mass is 332 g/mol. The molecule has 4 rings (SSSR count). The van der Waals surface area contributed by atoms with E-state index >= 15 is 0 Å². The highest BCUT2D eigenvalue weighted by molar-refractivity contribution is 5.39. The quantitative estimate of drug-likeness (QED) is 0.830. The van der Waals surface area contributed by atoms with E-state index in [9.17, 15) is 4.39 Å². The van der Waals surface area contributed by atoms with Gasteiger partial charge in [-0.2, -0.15) is 0 Å². The van der Waals surface area contributed by atoms with Crippen molar-refractivity contribution in [3.05, 3.63) is 24.0 Å². The topological polar surface area (TPSA) is 71.2 Å². The van der Waals surface area contributed by atoms with E-state index in [0.29, 0.717) is 30.8 Å². The molecule has 0 bridgehead atoms. The molecule has 0 spiro atoms. The van der Waals surface area contributed by atoms with Crippen molar-refractivity contribution >= 4 is 11.8 Å². The zero-order chi connectivity index (χ0) is 16.7. The van der Waals surface area contributed by atoms with Gasteiger partial charge in [0, 0.05) is 39.1 Å². The molecular formula is C16H21FN6O. The van der Waals surface area contributed by atoms with Crippen LogP contribution >= 0.6 is 0 Å². The second-order valence-corrected chi connectivity index (χ2v) is 6.67. The van der Waals surface area contributed by atoms with Crippen molar-refractivity contribution < 1.29 is 8.81 Å². The van der Waals surface area contributed by atoms with E-state index in [1.165, 1.54) is 12.8 Å². The van der Waals surface area contributed by atoms with Crippen LogP contribution in [0.25, 0.3) is 0 Å². The van der Waals surface area contributed by atoms with E-state index in [1.807, 2.05) is 22.9 Å². The zero-order valence-corrected chi connectivity index (χ0v) is 13.9. The summed E-state index contributed by atoms with van der Waals surface area (Å²) < 4.78 is 19.5. The van der Waals surface area contributed by atoms with Crippen molar-refractivity contribution in [2.75, 3.05) is 29.9 Å². The Labute approximate surface area is 139 Å². The first-order chi connectivity index (χ1) is 11.6. The highest BCUT2D eigenvalue weighted by Crippen LogP contribution is 2.38. The van der Waals surface area contributed by atoms with Gasteiger partial charge in [-0.05, 0) is 18.9 Å². The fourth-order valence-electron chi connectivity index (χ4n) is 3.19. The summed E-state index contributed by atoms with van der Waals surface area (Å²) in [5.41, 5.74) is 0. The van der Waals surface area contributed by atoms with Gasteiger partial charge in [-0.3, -0.25) is 0 Å². The summed E-state index contributed by atoms with van der Waals surface area (Å²) in [5, 5.41) is 7.89. The van der Waals surface area contributed by atoms with Gasteiger partial charge in [0.1, 0.15) is 17.8 Å². The molecule has 2 atom stereocenters. The fourth-order valence-corrected chi connectivity index (χ4v) is 3.19. The molecule has 0 aromatic carbocycles. The summed E-state index contributed by atoms with van der Waals surface area (Å²) in [7, 11) is 1.97. The molecule has 3 heterocycles. The van der Waals surface area contributed by atoms with Crippen LogP contribution in [0, 0.1) is 6.92 Å². The molecule has 2 fully saturated rings. The SMILES string of the molecule is Cc1nnc(N2C[C@@H](F)C[C@H]2CN(C)c2ccnc(C3CC3)n2)o1. The van der Waals surface area contributed by atoms with E-state index < -0.39 is 6.17 Å². The number of nitrogens with zero attached hydrogens (tertiary/aromatic N) is 6. The van der Waals surface area contributed by atoms with Gasteiger partial charge in [0.2, 0.25) is 5.89 Å². The zero-order valence-electron chi connectivity index (χ0n) is 13.9. The minimum Gasteiger partial charge on any atom is -0.408 e. The lowest BCUT2D eigenvalue weighted by Gasteiger charge is -2.27. The molecule has 2 aromatic heterocycles. The number of aromatic nitrogens is 4. The minimum absolute atomic E-state index is 0.0239. The van der Waals surface area contributed by atoms with E-state index in [4.69, 9.17) is 4.42 Å². The maximum Gasteiger partial charge on any atom is 0.318 e. The van der Waals surface area contributed by atoms with Crippen LogP contribution in [0.2, 0.25) is 0 Å². The number of rotatable bonds is 5. The number of hydrogen-bond donors (Lipinski definition) is 0. The number of aryl methyl sites for hydroxylation is 1. The first kappa shape index (κ1) is 15.3. The van der Waals surface area contributed by atoms with Crippen molar-refractivity contribution in [3.63, 3.8) is 0 Å². The van der Waals surface area contributed by atoms with Crippen LogP contribution in [0.1, 0.15) is 36.9 Å². The van der Waals surface area contributed by atoms with Crippen LogP contribution in [0.15, 0.2) is 16.7 Å². The van der Waals surface area contributed by atoms with E-state index in [1.54, 1.807) is 13.1 Å². The van der Waals surface area contributed by atoms with Crippen molar-refractivity contribution in [3.8, 4) is 0 Å². The van der Waals surface area contributed by atoms with Crippen molar-refractivity contribution in [2.24, 2.45) is 0 Å². The average molecular weight is 332 g/mol. The molecule has 0 amide bonds. The Kier molecular flexibility index (Phi) is 3.82. The van der Waals surface area contributed by atoms with Crippen molar-refractivity contribution in [1.29, 1.82) is 0 Å². The molecule has 1 saturated carbocycles. The standard InChI is InChI=1S/C16H21FN6O/c1-10-20-21-16(24-10)23-8-12(17)7-13(23)9-22(2)14-5-6-18-15(19-14)11-3-4-11/h5-6,11-13H,3-4,7-9H2,1-2H3/t12-,13-/m0/s1. The lowest BCUT2D eigenvalue weighted by Crippen LogP contribution is -2.39. The number of hydrogen-bond acceptors (Lipinski definition) is 7. The van der Waals surface area contributed by atoms with Gasteiger partial charge in [-0.15, -0.1) is 5.10 Å². The molecule has 7 nitrogen and oxygen atoms in total. The van der Waals surface area contributed by atoms with Gasteiger partial charge in [0.15, 0.2) is 0 Å². The third kappa shape index (κ3) is 3.05. The maximum absolute atomic E-state index is 14.0. The number of alkyl halides is 1. The van der Waals surface area contributed by atoms with Crippen LogP contribution in [0.3, 0.4) is 0 Å². The molecule has 128 valence electrons. The normalized spacial score (nSPS) is 23.7. The van der Waals surface area contributed by atoms with Crippen molar-refractivity contribution in [1.82, 2.24) is 20.2 Å². The van der Waals surface area contributed by atoms with Gasteiger partial charge < -0.3 is 14.2 Å². The molecule has 0 radical (unpaired) electrons. The molecule has 0 unspecified atom stereocenters. The Hall–Kier alpha value is -2.25. The van der Waals surface area contributed by atoms with Crippen LogP contribution < -0.4 is 9.80 Å². The summed E-state index contributed by atoms with van der Waals surface area (Å²) in [6, 6.07) is 2.27. The second kappa shape index (κ2) is 5.99. The number of likely N-dealkylation sites (N-methyl/N-ethyl adjacent to an activating group) is 1. The Morgan fingerprint density at radius 3 is 2.92 bits per heavy atom. The molecule has 24 heavy (non-hydrogen) atoms. The average Bonchev–Trinajstić information content (AvgIpc) is 3.24. The third-order valence-electron chi connectivity index (χ3n) is 4.60. The molecule has 8 heteroatoms. The Bertz CT molecular complexity index is 718. The highest BCUT2D eigenvalue weighted by atomic mass is 19.1. The van der Waals surface area contributed by atoms with Crippen LogP contribution in [-0.4, -0.2) is 52.5 Å². The van der Waals surface area contributed by atoms with Gasteiger partial charge in [0.05, 0.1) is 12.6 Å². The Balaban J connectivity index is 1.49. The third-order valence-corrected chi connectivity index (χ3v) is 4.60. The summed E-state index contributed by atoms with van der Waals surface area (Å²) in [6.07, 6.45) is 3.71. The largest absolute Gasteiger partial charge is 0.408 e. The number of anilines is 2.